The van der Waals surface area contributed by atoms with Gasteiger partial charge in [0.05, 0.1) is 31.9 Å². The first-order valence-corrected chi connectivity index (χ1v) is 11.1. The Hall–Kier alpha value is -3.52. The monoisotopic (exact) mass is 469 g/mol. The highest BCUT2D eigenvalue weighted by Crippen LogP contribution is 2.45. The number of ketones is 1. The molecule has 1 aliphatic heterocycles. The molecule has 1 unspecified atom stereocenters. The number of carbonyl (C=O) groups is 2. The number of benzene rings is 2. The molecule has 1 atom stereocenters. The molecule has 1 saturated heterocycles. The van der Waals surface area contributed by atoms with Gasteiger partial charge in [0, 0.05) is 31.4 Å². The van der Waals surface area contributed by atoms with Gasteiger partial charge in [-0.1, -0.05) is 12.1 Å². The molecule has 182 valence electrons. The van der Waals surface area contributed by atoms with Crippen LogP contribution in [0.4, 0.5) is 0 Å². The number of hydrogen-bond acceptors (Lipinski definition) is 7. The van der Waals surface area contributed by atoms with Crippen molar-refractivity contribution in [2.24, 2.45) is 0 Å². The molecule has 0 spiro atoms. The lowest BCUT2D eigenvalue weighted by atomic mass is 9.94. The molecule has 34 heavy (non-hydrogen) atoms. The van der Waals surface area contributed by atoms with E-state index in [-0.39, 0.29) is 24.0 Å². The van der Waals surface area contributed by atoms with Gasteiger partial charge in [0.25, 0.3) is 11.7 Å². The van der Waals surface area contributed by atoms with Crippen molar-refractivity contribution in [3.05, 3.63) is 59.2 Å². The summed E-state index contributed by atoms with van der Waals surface area (Å²) in [5.41, 5.74) is 0.934. The smallest absolute Gasteiger partial charge is 0.295 e. The number of carbonyl (C=O) groups excluding carboxylic acids is 2. The second-order valence-corrected chi connectivity index (χ2v) is 8.11. The molecule has 0 bridgehead atoms. The minimum Gasteiger partial charge on any atom is -0.507 e. The number of ether oxygens (including phenoxy) is 4. The molecular formula is C26H31NO7. The predicted molar refractivity (Wildman–Crippen MR) is 127 cm³/mol. The number of aliphatic hydroxyl groups excluding tert-OH is 1. The van der Waals surface area contributed by atoms with Crippen molar-refractivity contribution in [3.63, 3.8) is 0 Å². The van der Waals surface area contributed by atoms with Crippen LogP contribution in [0.2, 0.25) is 0 Å². The SMILES string of the molecule is COCCCN1C(=O)C(=O)C(=C(O)c2ccc(OC(C)C)cc2)C1c1cccc(OC)c1OC. The Kier molecular flexibility index (Phi) is 8.17. The van der Waals surface area contributed by atoms with E-state index < -0.39 is 17.7 Å². The summed E-state index contributed by atoms with van der Waals surface area (Å²) in [6, 6.07) is 11.1. The molecule has 2 aromatic rings. The topological polar surface area (TPSA) is 94.5 Å². The van der Waals surface area contributed by atoms with Gasteiger partial charge in [-0.05, 0) is 50.6 Å². The van der Waals surface area contributed by atoms with Gasteiger partial charge >= 0.3 is 0 Å². The normalized spacial score (nSPS) is 17.4. The average Bonchev–Trinajstić information content (AvgIpc) is 3.08. The van der Waals surface area contributed by atoms with E-state index in [1.165, 1.54) is 19.1 Å². The highest BCUT2D eigenvalue weighted by atomic mass is 16.5. The van der Waals surface area contributed by atoms with E-state index in [1.807, 2.05) is 13.8 Å². The van der Waals surface area contributed by atoms with Gasteiger partial charge in [-0.15, -0.1) is 0 Å². The highest BCUT2D eigenvalue weighted by molar-refractivity contribution is 6.46. The van der Waals surface area contributed by atoms with Gasteiger partial charge in [0.2, 0.25) is 0 Å². The fourth-order valence-electron chi connectivity index (χ4n) is 4.06. The van der Waals surface area contributed by atoms with Crippen LogP contribution in [0, 0.1) is 0 Å². The van der Waals surface area contributed by atoms with Crippen LogP contribution in [0.15, 0.2) is 48.0 Å². The number of likely N-dealkylation sites (tertiary alicyclic amines) is 1. The van der Waals surface area contributed by atoms with Crippen LogP contribution in [0.25, 0.3) is 5.76 Å². The fraction of sp³-hybridized carbons (Fsp3) is 0.385. The molecule has 3 rings (SSSR count). The molecular weight excluding hydrogens is 438 g/mol. The third-order valence-corrected chi connectivity index (χ3v) is 5.51. The van der Waals surface area contributed by atoms with Gasteiger partial charge in [-0.2, -0.15) is 0 Å². The number of rotatable bonds is 10. The number of amides is 1. The molecule has 0 radical (unpaired) electrons. The zero-order valence-corrected chi connectivity index (χ0v) is 20.2. The van der Waals surface area contributed by atoms with Gasteiger partial charge in [0.15, 0.2) is 11.5 Å². The number of aliphatic hydroxyl groups is 1. The molecule has 8 heteroatoms. The van der Waals surface area contributed by atoms with Crippen LogP contribution in [0.1, 0.15) is 37.4 Å². The van der Waals surface area contributed by atoms with Crippen molar-refractivity contribution in [2.45, 2.75) is 32.4 Å². The second kappa shape index (κ2) is 11.1. The van der Waals surface area contributed by atoms with E-state index >= 15 is 0 Å². The van der Waals surface area contributed by atoms with Crippen LogP contribution in [-0.4, -0.2) is 62.3 Å². The van der Waals surface area contributed by atoms with Crippen LogP contribution >= 0.6 is 0 Å². The van der Waals surface area contributed by atoms with Crippen LogP contribution in [0.5, 0.6) is 17.2 Å². The van der Waals surface area contributed by atoms with Gasteiger partial charge < -0.3 is 29.0 Å². The number of hydrogen-bond donors (Lipinski definition) is 1. The van der Waals surface area contributed by atoms with E-state index in [1.54, 1.807) is 49.6 Å². The Morgan fingerprint density at radius 1 is 1.03 bits per heavy atom. The molecule has 8 nitrogen and oxygen atoms in total. The van der Waals surface area contributed by atoms with E-state index in [0.29, 0.717) is 41.4 Å². The minimum atomic E-state index is -0.853. The van der Waals surface area contributed by atoms with Crippen molar-refractivity contribution in [2.75, 3.05) is 34.5 Å². The van der Waals surface area contributed by atoms with Crippen molar-refractivity contribution >= 4 is 17.4 Å². The molecule has 1 N–H and O–H groups in total. The molecule has 1 aliphatic rings. The van der Waals surface area contributed by atoms with Gasteiger partial charge in [0.1, 0.15) is 11.5 Å². The van der Waals surface area contributed by atoms with Crippen LogP contribution in [-0.2, 0) is 14.3 Å². The summed E-state index contributed by atoms with van der Waals surface area (Å²) in [6.45, 7) is 4.52. The van der Waals surface area contributed by atoms with E-state index in [9.17, 15) is 14.7 Å². The van der Waals surface area contributed by atoms with E-state index in [4.69, 9.17) is 18.9 Å². The minimum absolute atomic E-state index is 0.00241. The Morgan fingerprint density at radius 3 is 2.32 bits per heavy atom. The first-order valence-electron chi connectivity index (χ1n) is 11.1. The molecule has 1 fully saturated rings. The largest absolute Gasteiger partial charge is 0.507 e. The number of nitrogens with zero attached hydrogens (tertiary/aromatic N) is 1. The maximum Gasteiger partial charge on any atom is 0.295 e. The molecule has 0 aromatic heterocycles. The van der Waals surface area contributed by atoms with Gasteiger partial charge in [-0.25, -0.2) is 0 Å². The summed E-state index contributed by atoms with van der Waals surface area (Å²) in [5.74, 6) is -0.228. The maximum absolute atomic E-state index is 13.2. The van der Waals surface area contributed by atoms with Crippen molar-refractivity contribution < 1.29 is 33.6 Å². The van der Waals surface area contributed by atoms with E-state index in [2.05, 4.69) is 0 Å². The third kappa shape index (κ3) is 5.02. The van der Waals surface area contributed by atoms with Gasteiger partial charge in [-0.3, -0.25) is 9.59 Å². The Labute approximate surface area is 199 Å². The van der Waals surface area contributed by atoms with Crippen molar-refractivity contribution in [1.29, 1.82) is 0 Å². The maximum atomic E-state index is 13.2. The lowest BCUT2D eigenvalue weighted by Crippen LogP contribution is -2.31. The standard InChI is InChI=1S/C26H31NO7/c1-16(2)34-18-12-10-17(11-13-18)23(28)21-22(19-8-6-9-20(32-4)25(19)33-5)27(14-7-15-31-3)26(30)24(21)29/h6,8-13,16,22,28H,7,14-15H2,1-5H3. The summed E-state index contributed by atoms with van der Waals surface area (Å²) in [5, 5.41) is 11.2. The summed E-state index contributed by atoms with van der Waals surface area (Å²) in [6.07, 6.45) is 0.519. The van der Waals surface area contributed by atoms with E-state index in [0.717, 1.165) is 0 Å². The Balaban J connectivity index is 2.15. The quantitative estimate of drug-likeness (QED) is 0.244. The number of para-hydroxylation sites is 1. The average molecular weight is 470 g/mol. The summed E-state index contributed by atoms with van der Waals surface area (Å²) in [4.78, 5) is 27.7. The third-order valence-electron chi connectivity index (χ3n) is 5.51. The summed E-state index contributed by atoms with van der Waals surface area (Å²) in [7, 11) is 4.58. The molecule has 1 heterocycles. The lowest BCUT2D eigenvalue weighted by Gasteiger charge is -2.27. The van der Waals surface area contributed by atoms with Crippen molar-refractivity contribution in [3.8, 4) is 17.2 Å². The summed E-state index contributed by atoms with van der Waals surface area (Å²) >= 11 is 0. The molecule has 0 aliphatic carbocycles. The second-order valence-electron chi connectivity index (χ2n) is 8.11. The zero-order chi connectivity index (χ0) is 24.8. The van der Waals surface area contributed by atoms with Crippen LogP contribution < -0.4 is 14.2 Å². The molecule has 0 saturated carbocycles. The first-order chi connectivity index (χ1) is 16.3. The molecule has 1 amide bonds. The Bertz CT molecular complexity index is 1060. The Morgan fingerprint density at radius 2 is 1.74 bits per heavy atom. The fourth-order valence-corrected chi connectivity index (χ4v) is 4.06. The lowest BCUT2D eigenvalue weighted by molar-refractivity contribution is -0.140. The summed E-state index contributed by atoms with van der Waals surface area (Å²) < 4.78 is 21.8. The number of methoxy groups -OCH3 is 3. The van der Waals surface area contributed by atoms with Crippen molar-refractivity contribution in [1.82, 2.24) is 4.90 Å². The molecule has 2 aromatic carbocycles. The highest BCUT2D eigenvalue weighted by Gasteiger charge is 2.47. The first kappa shape index (κ1) is 25.1. The predicted octanol–water partition coefficient (Wildman–Crippen LogP) is 3.95. The zero-order valence-electron chi connectivity index (χ0n) is 20.2. The number of Topliss-reactive ketones (excluding diaryl/α,β-unsaturated/α-hetero) is 1. The van der Waals surface area contributed by atoms with Crippen LogP contribution in [0.3, 0.4) is 0 Å².